The Morgan fingerprint density at radius 3 is 2.50 bits per heavy atom. The Morgan fingerprint density at radius 2 is 1.89 bits per heavy atom. The van der Waals surface area contributed by atoms with Crippen LogP contribution >= 0.6 is 0 Å². The molecule has 1 aliphatic rings. The topological polar surface area (TPSA) is 67.6 Å². The fourth-order valence-electron chi connectivity index (χ4n) is 3.36. The van der Waals surface area contributed by atoms with Gasteiger partial charge in [-0.3, -0.25) is 16.0 Å². The van der Waals surface area contributed by atoms with E-state index < -0.39 is 11.8 Å². The van der Waals surface area contributed by atoms with E-state index in [9.17, 15) is 9.18 Å². The Bertz CT molecular complexity index is 800. The molecule has 3 rings (SSSR count). The molecule has 1 aliphatic heterocycles. The summed E-state index contributed by atoms with van der Waals surface area (Å²) in [4.78, 5) is 14.4. The van der Waals surface area contributed by atoms with E-state index in [1.165, 1.54) is 11.6 Å². The van der Waals surface area contributed by atoms with E-state index >= 15 is 0 Å². The summed E-state index contributed by atoms with van der Waals surface area (Å²) in [6.07, 6.45) is 0.516. The first-order valence-corrected chi connectivity index (χ1v) is 9.69. The number of nitrogens with zero attached hydrogens (tertiary/aromatic N) is 1. The molecule has 0 saturated carbocycles. The Hall–Kier alpha value is -2.44. The highest BCUT2D eigenvalue weighted by Gasteiger charge is 2.34. The molecule has 5 nitrogen and oxygen atoms in total. The third-order valence-corrected chi connectivity index (χ3v) is 5.12. The van der Waals surface area contributed by atoms with E-state index in [0.29, 0.717) is 44.1 Å². The molecule has 150 valence electrons. The van der Waals surface area contributed by atoms with Gasteiger partial charge in [0, 0.05) is 38.2 Å². The Kier molecular flexibility index (Phi) is 6.31. The van der Waals surface area contributed by atoms with Gasteiger partial charge in [-0.05, 0) is 41.3 Å². The SMILES string of the molecule is CC(C)c1ccc(NC(=O)OC2(N)CCN(Cc3cccc(F)c3)CC2)cc1. The zero-order valence-corrected chi connectivity index (χ0v) is 16.5. The minimum atomic E-state index is -0.986. The van der Waals surface area contributed by atoms with Gasteiger partial charge in [-0.25, -0.2) is 9.18 Å². The smallest absolute Gasteiger partial charge is 0.413 e. The summed E-state index contributed by atoms with van der Waals surface area (Å²) in [6, 6.07) is 14.3. The fourth-order valence-corrected chi connectivity index (χ4v) is 3.36. The lowest BCUT2D eigenvalue weighted by Crippen LogP contribution is -2.53. The van der Waals surface area contributed by atoms with Gasteiger partial charge in [-0.15, -0.1) is 0 Å². The number of anilines is 1. The van der Waals surface area contributed by atoms with Gasteiger partial charge < -0.3 is 4.74 Å². The quantitative estimate of drug-likeness (QED) is 0.746. The maximum atomic E-state index is 13.3. The van der Waals surface area contributed by atoms with Crippen molar-refractivity contribution in [2.45, 2.75) is 44.9 Å². The van der Waals surface area contributed by atoms with Gasteiger partial charge in [-0.1, -0.05) is 38.1 Å². The lowest BCUT2D eigenvalue weighted by atomic mass is 10.0. The first-order chi connectivity index (χ1) is 13.3. The van der Waals surface area contributed by atoms with Gasteiger partial charge in [0.1, 0.15) is 5.82 Å². The van der Waals surface area contributed by atoms with Gasteiger partial charge in [0.25, 0.3) is 0 Å². The van der Waals surface area contributed by atoms with E-state index in [0.717, 1.165) is 5.56 Å². The molecule has 0 aromatic heterocycles. The van der Waals surface area contributed by atoms with Crippen LogP contribution in [0.25, 0.3) is 0 Å². The van der Waals surface area contributed by atoms with E-state index in [4.69, 9.17) is 10.5 Å². The third kappa shape index (κ3) is 5.53. The highest BCUT2D eigenvalue weighted by atomic mass is 19.1. The number of nitrogens with one attached hydrogen (secondary N) is 1. The summed E-state index contributed by atoms with van der Waals surface area (Å²) in [5, 5.41) is 2.74. The predicted octanol–water partition coefficient (Wildman–Crippen LogP) is 4.45. The monoisotopic (exact) mass is 385 g/mol. The average Bonchev–Trinajstić information content (AvgIpc) is 2.64. The number of amides is 1. The molecule has 0 atom stereocenters. The number of carbonyl (C=O) groups is 1. The molecule has 3 N–H and O–H groups in total. The molecule has 0 spiro atoms. The lowest BCUT2D eigenvalue weighted by Gasteiger charge is -2.38. The van der Waals surface area contributed by atoms with E-state index in [2.05, 4.69) is 24.1 Å². The molecule has 28 heavy (non-hydrogen) atoms. The van der Waals surface area contributed by atoms with Crippen molar-refractivity contribution in [2.75, 3.05) is 18.4 Å². The highest BCUT2D eigenvalue weighted by Crippen LogP contribution is 2.24. The summed E-state index contributed by atoms with van der Waals surface area (Å²) in [7, 11) is 0. The van der Waals surface area contributed by atoms with E-state index in [-0.39, 0.29) is 5.82 Å². The second kappa shape index (κ2) is 8.71. The Morgan fingerprint density at radius 1 is 1.21 bits per heavy atom. The van der Waals surface area contributed by atoms with Crippen LogP contribution in [0, 0.1) is 5.82 Å². The van der Waals surface area contributed by atoms with Gasteiger partial charge in [0.15, 0.2) is 5.72 Å². The summed E-state index contributed by atoms with van der Waals surface area (Å²) in [5.41, 5.74) is 8.12. The number of hydrogen-bond donors (Lipinski definition) is 2. The number of halogens is 1. The molecule has 1 saturated heterocycles. The van der Waals surface area contributed by atoms with Gasteiger partial charge in [0.05, 0.1) is 0 Å². The second-order valence-electron chi connectivity index (χ2n) is 7.76. The predicted molar refractivity (Wildman–Crippen MR) is 108 cm³/mol. The number of carbonyl (C=O) groups excluding carboxylic acids is 1. The summed E-state index contributed by atoms with van der Waals surface area (Å²) < 4.78 is 18.8. The summed E-state index contributed by atoms with van der Waals surface area (Å²) in [6.45, 7) is 6.26. The average molecular weight is 385 g/mol. The van der Waals surface area contributed by atoms with Crippen LogP contribution < -0.4 is 11.1 Å². The number of ether oxygens (including phenoxy) is 1. The lowest BCUT2D eigenvalue weighted by molar-refractivity contribution is -0.0269. The first-order valence-electron chi connectivity index (χ1n) is 9.69. The Labute approximate surface area is 165 Å². The van der Waals surface area contributed by atoms with Gasteiger partial charge >= 0.3 is 6.09 Å². The van der Waals surface area contributed by atoms with Crippen LogP contribution in [0.2, 0.25) is 0 Å². The normalized spacial score (nSPS) is 16.8. The van der Waals surface area contributed by atoms with Crippen LogP contribution in [0.15, 0.2) is 48.5 Å². The van der Waals surface area contributed by atoms with Crippen LogP contribution in [0.5, 0.6) is 0 Å². The minimum Gasteiger partial charge on any atom is -0.428 e. The van der Waals surface area contributed by atoms with Crippen LogP contribution in [0.4, 0.5) is 14.9 Å². The van der Waals surface area contributed by atoms with Crippen molar-refractivity contribution in [3.05, 3.63) is 65.5 Å². The molecule has 0 bridgehead atoms. The minimum absolute atomic E-state index is 0.232. The fraction of sp³-hybridized carbons (Fsp3) is 0.409. The number of nitrogens with two attached hydrogens (primary N) is 1. The third-order valence-electron chi connectivity index (χ3n) is 5.12. The zero-order valence-electron chi connectivity index (χ0n) is 16.5. The van der Waals surface area contributed by atoms with Crippen molar-refractivity contribution >= 4 is 11.8 Å². The van der Waals surface area contributed by atoms with Crippen molar-refractivity contribution in [1.29, 1.82) is 0 Å². The van der Waals surface area contributed by atoms with E-state index in [1.807, 2.05) is 30.3 Å². The molecule has 2 aromatic carbocycles. The molecule has 1 fully saturated rings. The molecule has 1 amide bonds. The number of piperidine rings is 1. The molecule has 2 aromatic rings. The number of likely N-dealkylation sites (tertiary alicyclic amines) is 1. The summed E-state index contributed by atoms with van der Waals surface area (Å²) >= 11 is 0. The largest absolute Gasteiger partial charge is 0.428 e. The van der Waals surface area contributed by atoms with Crippen LogP contribution in [-0.2, 0) is 11.3 Å². The van der Waals surface area contributed by atoms with Crippen molar-refractivity contribution in [3.8, 4) is 0 Å². The van der Waals surface area contributed by atoms with E-state index in [1.54, 1.807) is 12.1 Å². The zero-order chi connectivity index (χ0) is 20.1. The molecule has 6 heteroatoms. The second-order valence-corrected chi connectivity index (χ2v) is 7.76. The molecular weight excluding hydrogens is 357 g/mol. The summed E-state index contributed by atoms with van der Waals surface area (Å²) in [5.74, 6) is 0.204. The molecule has 0 aliphatic carbocycles. The standard InChI is InChI=1S/C22H28FN3O2/c1-16(2)18-6-8-20(9-7-18)25-21(27)28-22(24)10-12-26(13-11-22)15-17-4-3-5-19(23)14-17/h3-9,14,16H,10-13,15,24H2,1-2H3,(H,25,27). The molecule has 1 heterocycles. The van der Waals surface area contributed by atoms with Crippen LogP contribution in [-0.4, -0.2) is 29.8 Å². The maximum absolute atomic E-state index is 13.3. The van der Waals surface area contributed by atoms with Crippen molar-refractivity contribution in [1.82, 2.24) is 4.90 Å². The van der Waals surface area contributed by atoms with Gasteiger partial charge in [0.2, 0.25) is 0 Å². The number of rotatable bonds is 5. The molecule has 0 radical (unpaired) electrons. The number of hydrogen-bond acceptors (Lipinski definition) is 4. The highest BCUT2D eigenvalue weighted by molar-refractivity contribution is 5.84. The Balaban J connectivity index is 1.48. The first kappa shape index (κ1) is 20.3. The van der Waals surface area contributed by atoms with Gasteiger partial charge in [-0.2, -0.15) is 0 Å². The number of benzene rings is 2. The van der Waals surface area contributed by atoms with Crippen molar-refractivity contribution in [2.24, 2.45) is 5.73 Å². The molecular formula is C22H28FN3O2. The van der Waals surface area contributed by atoms with Crippen molar-refractivity contribution < 1.29 is 13.9 Å². The maximum Gasteiger partial charge on any atom is 0.413 e. The van der Waals surface area contributed by atoms with Crippen molar-refractivity contribution in [3.63, 3.8) is 0 Å². The van der Waals surface area contributed by atoms with Crippen LogP contribution in [0.3, 0.4) is 0 Å². The van der Waals surface area contributed by atoms with Crippen LogP contribution in [0.1, 0.15) is 43.7 Å². The molecule has 0 unspecified atom stereocenters.